The van der Waals surface area contributed by atoms with E-state index in [-0.39, 0.29) is 5.91 Å². The molecule has 1 atom stereocenters. The number of thioether (sulfide) groups is 1. The fourth-order valence-corrected chi connectivity index (χ4v) is 2.84. The van der Waals surface area contributed by atoms with Crippen LogP contribution in [0.2, 0.25) is 0 Å². The first-order valence-corrected chi connectivity index (χ1v) is 7.92. The van der Waals surface area contributed by atoms with Crippen LogP contribution in [0.5, 0.6) is 0 Å². The second kappa shape index (κ2) is 8.23. The minimum absolute atomic E-state index is 0.183. The number of hydrogen-bond acceptors (Lipinski definition) is 4. The summed E-state index contributed by atoms with van der Waals surface area (Å²) in [4.78, 5) is 13.0. The molecule has 5 heteroatoms. The Morgan fingerprint density at radius 3 is 2.73 bits per heavy atom. The lowest BCUT2D eigenvalue weighted by atomic mass is 10.2. The highest BCUT2D eigenvalue weighted by molar-refractivity contribution is 7.99. The maximum Gasteiger partial charge on any atom is 0.241 e. The highest BCUT2D eigenvalue weighted by Gasteiger charge is 2.13. The summed E-state index contributed by atoms with van der Waals surface area (Å²) in [6.45, 7) is 0. The minimum Gasteiger partial charge on any atom is -0.325 e. The van der Waals surface area contributed by atoms with Crippen LogP contribution in [0.4, 0.5) is 5.69 Å². The molecule has 3 N–H and O–H groups in total. The van der Waals surface area contributed by atoms with Gasteiger partial charge in [0.05, 0.1) is 17.7 Å². The molecule has 2 aromatic rings. The van der Waals surface area contributed by atoms with E-state index in [0.717, 1.165) is 16.3 Å². The van der Waals surface area contributed by atoms with Crippen LogP contribution < -0.4 is 11.1 Å². The molecule has 2 rings (SSSR count). The molecule has 0 bridgehead atoms. The number of benzene rings is 2. The number of amides is 1. The van der Waals surface area contributed by atoms with Crippen LogP contribution >= 0.6 is 11.8 Å². The SMILES string of the molecule is N#Cc1cccc(SCCC(N)C(=O)Nc2ccccc2)c1. The quantitative estimate of drug-likeness (QED) is 0.804. The summed E-state index contributed by atoms with van der Waals surface area (Å²) in [5.74, 6) is 0.538. The van der Waals surface area contributed by atoms with E-state index in [2.05, 4.69) is 11.4 Å². The van der Waals surface area contributed by atoms with Crippen molar-refractivity contribution >= 4 is 23.4 Å². The lowest BCUT2D eigenvalue weighted by Gasteiger charge is -2.12. The second-order valence-electron chi connectivity index (χ2n) is 4.74. The largest absolute Gasteiger partial charge is 0.325 e. The molecule has 0 saturated carbocycles. The lowest BCUT2D eigenvalue weighted by molar-refractivity contribution is -0.117. The molecule has 22 heavy (non-hydrogen) atoms. The molecule has 0 aliphatic carbocycles. The van der Waals surface area contributed by atoms with Crippen LogP contribution in [-0.4, -0.2) is 17.7 Å². The normalized spacial score (nSPS) is 11.5. The lowest BCUT2D eigenvalue weighted by Crippen LogP contribution is -2.36. The summed E-state index contributed by atoms with van der Waals surface area (Å²) in [7, 11) is 0. The maximum atomic E-state index is 12.0. The van der Waals surface area contributed by atoms with Gasteiger partial charge in [0.1, 0.15) is 0 Å². The molecule has 0 spiro atoms. The van der Waals surface area contributed by atoms with Crippen LogP contribution in [0.1, 0.15) is 12.0 Å². The number of nitrogens with two attached hydrogens (primary N) is 1. The number of anilines is 1. The molecule has 0 aliphatic heterocycles. The Labute approximate surface area is 134 Å². The molecule has 4 nitrogen and oxygen atoms in total. The molecule has 0 saturated heterocycles. The number of nitrogens with one attached hydrogen (secondary N) is 1. The number of carbonyl (C=O) groups excluding carboxylic acids is 1. The first-order valence-electron chi connectivity index (χ1n) is 6.93. The Morgan fingerprint density at radius 1 is 1.23 bits per heavy atom. The average Bonchev–Trinajstić information content (AvgIpc) is 2.56. The molecule has 1 amide bonds. The van der Waals surface area contributed by atoms with Crippen molar-refractivity contribution in [3.05, 3.63) is 60.2 Å². The Bertz CT molecular complexity index is 667. The van der Waals surface area contributed by atoms with Gasteiger partial charge in [0.15, 0.2) is 0 Å². The fraction of sp³-hybridized carbons (Fsp3) is 0.176. The average molecular weight is 311 g/mol. The zero-order valence-electron chi connectivity index (χ0n) is 12.0. The highest BCUT2D eigenvalue weighted by atomic mass is 32.2. The van der Waals surface area contributed by atoms with Crippen molar-refractivity contribution in [3.63, 3.8) is 0 Å². The molecule has 112 valence electrons. The molecule has 0 fully saturated rings. The van der Waals surface area contributed by atoms with Gasteiger partial charge in [-0.05, 0) is 42.5 Å². The summed E-state index contributed by atoms with van der Waals surface area (Å²) in [6.07, 6.45) is 0.570. The van der Waals surface area contributed by atoms with E-state index >= 15 is 0 Å². The van der Waals surface area contributed by atoms with Crippen molar-refractivity contribution in [2.24, 2.45) is 5.73 Å². The van der Waals surface area contributed by atoms with E-state index in [0.29, 0.717) is 12.0 Å². The van der Waals surface area contributed by atoms with Crippen molar-refractivity contribution in [1.82, 2.24) is 0 Å². The van der Waals surface area contributed by atoms with Gasteiger partial charge in [-0.15, -0.1) is 11.8 Å². The summed E-state index contributed by atoms with van der Waals surface area (Å²) in [5, 5.41) is 11.6. The molecule has 1 unspecified atom stereocenters. The topological polar surface area (TPSA) is 78.9 Å². The summed E-state index contributed by atoms with van der Waals surface area (Å²) >= 11 is 1.59. The fourth-order valence-electron chi connectivity index (χ4n) is 1.85. The Kier molecular flexibility index (Phi) is 6.01. The van der Waals surface area contributed by atoms with E-state index < -0.39 is 6.04 Å². The monoisotopic (exact) mass is 311 g/mol. The van der Waals surface area contributed by atoms with E-state index in [4.69, 9.17) is 11.0 Å². The smallest absolute Gasteiger partial charge is 0.241 e. The summed E-state index contributed by atoms with van der Waals surface area (Å²) in [5.41, 5.74) is 7.29. The molecular formula is C17H17N3OS. The number of hydrogen-bond donors (Lipinski definition) is 2. The van der Waals surface area contributed by atoms with Crippen molar-refractivity contribution in [2.45, 2.75) is 17.4 Å². The first-order chi connectivity index (χ1) is 10.7. The van der Waals surface area contributed by atoms with Gasteiger partial charge in [-0.2, -0.15) is 5.26 Å². The molecular weight excluding hydrogens is 294 g/mol. The molecule has 0 aliphatic rings. The number of para-hydroxylation sites is 1. The molecule has 0 heterocycles. The third-order valence-corrected chi connectivity index (χ3v) is 4.07. The molecule has 2 aromatic carbocycles. The standard InChI is InChI=1S/C17H17N3OS/c18-12-13-5-4-8-15(11-13)22-10-9-16(19)17(21)20-14-6-2-1-3-7-14/h1-8,11,16H,9-10,19H2,(H,20,21). The molecule has 0 radical (unpaired) electrons. The van der Waals surface area contributed by atoms with Gasteiger partial charge < -0.3 is 11.1 Å². The van der Waals surface area contributed by atoms with Crippen LogP contribution in [0.3, 0.4) is 0 Å². The van der Waals surface area contributed by atoms with E-state index in [1.807, 2.05) is 48.5 Å². The van der Waals surface area contributed by atoms with Crippen molar-refractivity contribution in [3.8, 4) is 6.07 Å². The third-order valence-electron chi connectivity index (χ3n) is 3.04. The van der Waals surface area contributed by atoms with Gasteiger partial charge in [-0.1, -0.05) is 24.3 Å². The minimum atomic E-state index is -0.549. The zero-order valence-corrected chi connectivity index (χ0v) is 12.8. The number of rotatable bonds is 6. The first kappa shape index (κ1) is 16.1. The number of carbonyl (C=O) groups is 1. The van der Waals surface area contributed by atoms with Gasteiger partial charge >= 0.3 is 0 Å². The van der Waals surface area contributed by atoms with Crippen molar-refractivity contribution < 1.29 is 4.79 Å². The van der Waals surface area contributed by atoms with Crippen molar-refractivity contribution in [2.75, 3.05) is 11.1 Å². The van der Waals surface area contributed by atoms with Gasteiger partial charge in [-0.25, -0.2) is 0 Å². The van der Waals surface area contributed by atoms with E-state index in [1.165, 1.54) is 0 Å². The molecule has 0 aromatic heterocycles. The summed E-state index contributed by atoms with van der Waals surface area (Å²) in [6, 6.07) is 18.2. The summed E-state index contributed by atoms with van der Waals surface area (Å²) < 4.78 is 0. The predicted molar refractivity (Wildman–Crippen MR) is 89.5 cm³/mol. The second-order valence-corrected chi connectivity index (χ2v) is 5.91. The maximum absolute atomic E-state index is 12.0. The van der Waals surface area contributed by atoms with E-state index in [1.54, 1.807) is 17.8 Å². The van der Waals surface area contributed by atoms with Crippen LogP contribution in [0, 0.1) is 11.3 Å². The Hall–Kier alpha value is -2.29. The van der Waals surface area contributed by atoms with Gasteiger partial charge in [-0.3, -0.25) is 4.79 Å². The van der Waals surface area contributed by atoms with Crippen LogP contribution in [-0.2, 0) is 4.79 Å². The number of nitriles is 1. The zero-order chi connectivity index (χ0) is 15.8. The van der Waals surface area contributed by atoms with Crippen molar-refractivity contribution in [1.29, 1.82) is 5.26 Å². The van der Waals surface area contributed by atoms with Gasteiger partial charge in [0.2, 0.25) is 5.91 Å². The van der Waals surface area contributed by atoms with E-state index in [9.17, 15) is 4.79 Å². The van der Waals surface area contributed by atoms with Gasteiger partial charge in [0.25, 0.3) is 0 Å². The van der Waals surface area contributed by atoms with Crippen LogP contribution in [0.15, 0.2) is 59.5 Å². The van der Waals surface area contributed by atoms with Crippen LogP contribution in [0.25, 0.3) is 0 Å². The Balaban J connectivity index is 1.78. The predicted octanol–water partition coefficient (Wildman–Crippen LogP) is 3.01. The Morgan fingerprint density at radius 2 is 2.00 bits per heavy atom. The number of nitrogens with zero attached hydrogens (tertiary/aromatic N) is 1. The highest BCUT2D eigenvalue weighted by Crippen LogP contribution is 2.20. The van der Waals surface area contributed by atoms with Gasteiger partial charge in [0, 0.05) is 10.6 Å². The third kappa shape index (κ3) is 4.92.